The molecule has 0 aliphatic rings. The van der Waals surface area contributed by atoms with Crippen LogP contribution in [0.4, 0.5) is 13.2 Å². The first-order valence-corrected chi connectivity index (χ1v) is 7.53. The van der Waals surface area contributed by atoms with Gasteiger partial charge in [-0.05, 0) is 36.8 Å². The van der Waals surface area contributed by atoms with Gasteiger partial charge in [0.15, 0.2) is 0 Å². The Morgan fingerprint density at radius 1 is 1.16 bits per heavy atom. The highest BCUT2D eigenvalue weighted by atomic mass is 19.4. The molecule has 0 aliphatic carbocycles. The average Bonchev–Trinajstić information content (AvgIpc) is 2.58. The van der Waals surface area contributed by atoms with Crippen LogP contribution in [0.3, 0.4) is 0 Å². The molecule has 0 radical (unpaired) electrons. The summed E-state index contributed by atoms with van der Waals surface area (Å²) in [5, 5.41) is 2.56. The van der Waals surface area contributed by atoms with Crippen LogP contribution in [0.25, 0.3) is 6.08 Å². The van der Waals surface area contributed by atoms with Crippen molar-refractivity contribution in [3.05, 3.63) is 76.9 Å². The number of aryl methyl sites for hydroxylation is 1. The molecule has 0 unspecified atom stereocenters. The van der Waals surface area contributed by atoms with Gasteiger partial charge in [-0.25, -0.2) is 0 Å². The zero-order chi connectivity index (χ0) is 18.3. The van der Waals surface area contributed by atoms with E-state index in [2.05, 4.69) is 17.2 Å². The van der Waals surface area contributed by atoms with E-state index >= 15 is 0 Å². The lowest BCUT2D eigenvalue weighted by molar-refractivity contribution is -0.137. The summed E-state index contributed by atoms with van der Waals surface area (Å²) in [5.74, 6) is 4.92. The number of benzene rings is 2. The van der Waals surface area contributed by atoms with E-state index in [9.17, 15) is 18.0 Å². The van der Waals surface area contributed by atoms with Gasteiger partial charge in [-0.1, -0.05) is 47.7 Å². The zero-order valence-corrected chi connectivity index (χ0v) is 13.5. The Morgan fingerprint density at radius 2 is 1.88 bits per heavy atom. The maximum Gasteiger partial charge on any atom is 0.416 e. The maximum absolute atomic E-state index is 12.6. The number of hydrogen-bond acceptors (Lipinski definition) is 1. The summed E-state index contributed by atoms with van der Waals surface area (Å²) < 4.78 is 37.8. The Balaban J connectivity index is 1.88. The topological polar surface area (TPSA) is 29.1 Å². The van der Waals surface area contributed by atoms with Crippen molar-refractivity contribution in [3.63, 3.8) is 0 Å². The van der Waals surface area contributed by atoms with Crippen LogP contribution in [0.2, 0.25) is 0 Å². The highest BCUT2D eigenvalue weighted by Gasteiger charge is 2.30. The van der Waals surface area contributed by atoms with E-state index in [0.29, 0.717) is 0 Å². The molecule has 5 heteroatoms. The van der Waals surface area contributed by atoms with Gasteiger partial charge in [-0.3, -0.25) is 4.79 Å². The predicted molar refractivity (Wildman–Crippen MR) is 91.5 cm³/mol. The Labute approximate surface area is 144 Å². The Bertz CT molecular complexity index is 825. The second kappa shape index (κ2) is 8.20. The van der Waals surface area contributed by atoms with Crippen LogP contribution in [0.15, 0.2) is 54.6 Å². The van der Waals surface area contributed by atoms with Gasteiger partial charge in [0, 0.05) is 11.6 Å². The van der Waals surface area contributed by atoms with Gasteiger partial charge >= 0.3 is 6.18 Å². The van der Waals surface area contributed by atoms with Crippen molar-refractivity contribution >= 4 is 12.0 Å². The molecule has 2 nitrogen and oxygen atoms in total. The first-order valence-electron chi connectivity index (χ1n) is 7.53. The van der Waals surface area contributed by atoms with Crippen molar-refractivity contribution in [3.8, 4) is 11.8 Å². The third kappa shape index (κ3) is 6.19. The van der Waals surface area contributed by atoms with Crippen molar-refractivity contribution in [2.45, 2.75) is 13.1 Å². The largest absolute Gasteiger partial charge is 0.416 e. The van der Waals surface area contributed by atoms with Crippen molar-refractivity contribution in [2.75, 3.05) is 6.54 Å². The van der Waals surface area contributed by atoms with Crippen molar-refractivity contribution < 1.29 is 18.0 Å². The predicted octanol–water partition coefficient (Wildman–Crippen LogP) is 4.19. The molecule has 0 heterocycles. The monoisotopic (exact) mass is 343 g/mol. The van der Waals surface area contributed by atoms with Crippen LogP contribution in [0.5, 0.6) is 0 Å². The van der Waals surface area contributed by atoms with Crippen molar-refractivity contribution in [1.82, 2.24) is 5.32 Å². The molecule has 0 spiro atoms. The molecular weight excluding hydrogens is 327 g/mol. The molecule has 2 aromatic carbocycles. The zero-order valence-electron chi connectivity index (χ0n) is 13.5. The fourth-order valence-electron chi connectivity index (χ4n) is 1.96. The number of rotatable bonds is 3. The van der Waals surface area contributed by atoms with E-state index in [-0.39, 0.29) is 18.0 Å². The minimum absolute atomic E-state index is 0.0489. The van der Waals surface area contributed by atoms with Crippen molar-refractivity contribution in [1.29, 1.82) is 0 Å². The first kappa shape index (κ1) is 18.3. The number of carbonyl (C=O) groups excluding carboxylic acids is 1. The van der Waals surface area contributed by atoms with Crippen LogP contribution < -0.4 is 5.32 Å². The molecule has 128 valence electrons. The molecule has 0 fully saturated rings. The van der Waals surface area contributed by atoms with E-state index < -0.39 is 11.7 Å². The van der Waals surface area contributed by atoms with Crippen molar-refractivity contribution in [2.24, 2.45) is 0 Å². The number of halogens is 3. The molecule has 0 aliphatic heterocycles. The smallest absolute Gasteiger partial charge is 0.342 e. The summed E-state index contributed by atoms with van der Waals surface area (Å²) in [5.41, 5.74) is 1.53. The second-order valence-electron chi connectivity index (χ2n) is 5.34. The van der Waals surface area contributed by atoms with Crippen LogP contribution in [-0.4, -0.2) is 12.5 Å². The number of amides is 1. The highest BCUT2D eigenvalue weighted by Crippen LogP contribution is 2.29. The minimum atomic E-state index is -4.40. The van der Waals surface area contributed by atoms with Crippen LogP contribution >= 0.6 is 0 Å². The minimum Gasteiger partial charge on any atom is -0.342 e. The summed E-state index contributed by atoms with van der Waals surface area (Å²) in [7, 11) is 0. The quantitative estimate of drug-likeness (QED) is 0.657. The molecule has 1 N–H and O–H groups in total. The summed E-state index contributed by atoms with van der Waals surface area (Å²) in [6.45, 7) is 2.02. The normalized spacial score (nSPS) is 11.0. The van der Waals surface area contributed by atoms with Gasteiger partial charge in [0.05, 0.1) is 12.1 Å². The number of nitrogens with one attached hydrogen (secondary N) is 1. The maximum atomic E-state index is 12.6. The van der Waals surface area contributed by atoms with E-state index in [1.807, 2.05) is 31.2 Å². The average molecular weight is 343 g/mol. The number of hydrogen-bond donors (Lipinski definition) is 1. The van der Waals surface area contributed by atoms with Gasteiger partial charge in [0.2, 0.25) is 5.91 Å². The summed E-state index contributed by atoms with van der Waals surface area (Å²) in [4.78, 5) is 11.7. The molecule has 2 aromatic rings. The lowest BCUT2D eigenvalue weighted by Gasteiger charge is -2.05. The van der Waals surface area contributed by atoms with Gasteiger partial charge in [0.25, 0.3) is 0 Å². The molecule has 0 saturated carbocycles. The molecular formula is C20H16F3NO. The highest BCUT2D eigenvalue weighted by molar-refractivity contribution is 5.91. The Morgan fingerprint density at radius 3 is 2.56 bits per heavy atom. The summed E-state index contributed by atoms with van der Waals surface area (Å²) >= 11 is 0. The SMILES string of the molecule is Cc1ccc(/C=C/C(=O)NCC#Cc2cccc(C(F)(F)F)c2)cc1. The van der Waals surface area contributed by atoms with E-state index in [0.717, 1.165) is 23.3 Å². The van der Waals surface area contributed by atoms with Gasteiger partial charge in [0.1, 0.15) is 0 Å². The van der Waals surface area contributed by atoms with Gasteiger partial charge in [-0.2, -0.15) is 13.2 Å². The summed E-state index contributed by atoms with van der Waals surface area (Å²) in [6, 6.07) is 12.4. The molecule has 0 atom stereocenters. The van der Waals surface area contributed by atoms with E-state index in [4.69, 9.17) is 0 Å². The Hall–Kier alpha value is -3.00. The van der Waals surface area contributed by atoms with E-state index in [1.165, 1.54) is 18.2 Å². The lowest BCUT2D eigenvalue weighted by Crippen LogP contribution is -2.20. The van der Waals surface area contributed by atoms with Gasteiger partial charge < -0.3 is 5.32 Å². The fraction of sp³-hybridized carbons (Fsp3) is 0.150. The number of alkyl halides is 3. The van der Waals surface area contributed by atoms with Crippen LogP contribution in [-0.2, 0) is 11.0 Å². The molecule has 2 rings (SSSR count). The van der Waals surface area contributed by atoms with Crippen LogP contribution in [0.1, 0.15) is 22.3 Å². The molecule has 0 bridgehead atoms. The van der Waals surface area contributed by atoms with Gasteiger partial charge in [-0.15, -0.1) is 0 Å². The molecule has 25 heavy (non-hydrogen) atoms. The number of carbonyl (C=O) groups is 1. The standard InChI is InChI=1S/C20H16F3NO/c1-15-7-9-16(10-8-15)11-12-19(25)24-13-3-5-17-4-2-6-18(14-17)20(21,22)23/h2,4,6-12,14H,13H2,1H3,(H,24,25)/b12-11+. The second-order valence-corrected chi connectivity index (χ2v) is 5.34. The van der Waals surface area contributed by atoms with E-state index in [1.54, 1.807) is 6.08 Å². The fourth-order valence-corrected chi connectivity index (χ4v) is 1.96. The molecule has 0 aromatic heterocycles. The third-order valence-corrected chi connectivity index (χ3v) is 3.28. The molecule has 0 saturated heterocycles. The lowest BCUT2D eigenvalue weighted by atomic mass is 10.1. The first-order chi connectivity index (χ1) is 11.8. The third-order valence-electron chi connectivity index (χ3n) is 3.28. The Kier molecular flexibility index (Phi) is 6.02. The summed E-state index contributed by atoms with van der Waals surface area (Å²) in [6.07, 6.45) is -1.34. The molecule has 1 amide bonds. The van der Waals surface area contributed by atoms with Crippen LogP contribution in [0, 0.1) is 18.8 Å².